The summed E-state index contributed by atoms with van der Waals surface area (Å²) in [5.74, 6) is -1.67. The first-order valence-electron chi connectivity index (χ1n) is 5.96. The fourth-order valence-electron chi connectivity index (χ4n) is 1.46. The van der Waals surface area contributed by atoms with Gasteiger partial charge in [0.2, 0.25) is 5.95 Å². The summed E-state index contributed by atoms with van der Waals surface area (Å²) in [5, 5.41) is 18.9. The highest BCUT2D eigenvalue weighted by Crippen LogP contribution is 2.04. The third-order valence-corrected chi connectivity index (χ3v) is 2.32. The van der Waals surface area contributed by atoms with E-state index in [0.29, 0.717) is 12.2 Å². The summed E-state index contributed by atoms with van der Waals surface area (Å²) in [6, 6.07) is 1.84. The summed E-state index contributed by atoms with van der Waals surface area (Å²) >= 11 is 0. The molecule has 0 atom stereocenters. The Balaban J connectivity index is 0.000000221. The lowest BCUT2D eigenvalue weighted by Crippen LogP contribution is -2.44. The van der Waals surface area contributed by atoms with Crippen LogP contribution in [-0.2, 0) is 9.59 Å². The number of nitrogens with one attached hydrogen (secondary N) is 1. The second-order valence-electron chi connectivity index (χ2n) is 3.80. The van der Waals surface area contributed by atoms with E-state index in [1.54, 1.807) is 12.4 Å². The van der Waals surface area contributed by atoms with Crippen LogP contribution in [0.3, 0.4) is 0 Å². The van der Waals surface area contributed by atoms with Crippen LogP contribution >= 0.6 is 0 Å². The Morgan fingerprint density at radius 1 is 1.10 bits per heavy atom. The summed E-state index contributed by atoms with van der Waals surface area (Å²) < 4.78 is 0. The molecule has 1 aliphatic rings. The molecule has 1 saturated heterocycles. The van der Waals surface area contributed by atoms with Crippen molar-refractivity contribution in [3.63, 3.8) is 0 Å². The number of aliphatic carboxylic acids is 2. The van der Waals surface area contributed by atoms with Crippen LogP contribution in [0.15, 0.2) is 30.6 Å². The van der Waals surface area contributed by atoms with Gasteiger partial charge in [-0.05, 0) is 6.07 Å². The molecule has 1 aliphatic heterocycles. The fraction of sp³-hybridized carbons (Fsp3) is 0.333. The van der Waals surface area contributed by atoms with Gasteiger partial charge < -0.3 is 20.4 Å². The van der Waals surface area contributed by atoms with E-state index >= 15 is 0 Å². The van der Waals surface area contributed by atoms with E-state index in [9.17, 15) is 9.59 Å². The van der Waals surface area contributed by atoms with E-state index in [1.807, 2.05) is 6.07 Å². The molecule has 2 heterocycles. The predicted molar refractivity (Wildman–Crippen MR) is 71.5 cm³/mol. The Morgan fingerprint density at radius 2 is 1.60 bits per heavy atom. The molecule has 0 amide bonds. The van der Waals surface area contributed by atoms with Crippen LogP contribution in [0.5, 0.6) is 0 Å². The molecular formula is C12H16N4O4. The molecule has 0 bridgehead atoms. The number of aromatic nitrogens is 2. The van der Waals surface area contributed by atoms with Gasteiger partial charge in [-0.2, -0.15) is 0 Å². The lowest BCUT2D eigenvalue weighted by molar-refractivity contribution is -0.134. The molecule has 0 spiro atoms. The Kier molecular flexibility index (Phi) is 6.69. The molecule has 1 aromatic rings. The number of hydrogen-bond acceptors (Lipinski definition) is 6. The largest absolute Gasteiger partial charge is 0.478 e. The van der Waals surface area contributed by atoms with Gasteiger partial charge in [-0.1, -0.05) is 0 Å². The second-order valence-corrected chi connectivity index (χ2v) is 3.80. The number of anilines is 1. The molecule has 2 rings (SSSR count). The molecule has 0 unspecified atom stereocenters. The SMILES string of the molecule is O=C(O)C=CC(=O)O.c1cnc(N2CCNCC2)nc1. The lowest BCUT2D eigenvalue weighted by Gasteiger charge is -2.26. The molecule has 3 N–H and O–H groups in total. The van der Waals surface area contributed by atoms with Gasteiger partial charge in [0, 0.05) is 50.7 Å². The Labute approximate surface area is 115 Å². The summed E-state index contributed by atoms with van der Waals surface area (Å²) in [7, 11) is 0. The first-order chi connectivity index (χ1) is 9.59. The maximum Gasteiger partial charge on any atom is 0.328 e. The first kappa shape index (κ1) is 15.6. The highest BCUT2D eigenvalue weighted by Gasteiger charge is 2.11. The normalized spacial score (nSPS) is 14.5. The van der Waals surface area contributed by atoms with Crippen LogP contribution in [0.4, 0.5) is 5.95 Å². The van der Waals surface area contributed by atoms with Crippen LogP contribution in [0.1, 0.15) is 0 Å². The van der Waals surface area contributed by atoms with Gasteiger partial charge in [0.15, 0.2) is 0 Å². The summed E-state index contributed by atoms with van der Waals surface area (Å²) in [4.78, 5) is 29.7. The molecule has 0 aliphatic carbocycles. The van der Waals surface area contributed by atoms with Gasteiger partial charge in [0.1, 0.15) is 0 Å². The monoisotopic (exact) mass is 280 g/mol. The van der Waals surface area contributed by atoms with Crippen LogP contribution in [0.25, 0.3) is 0 Å². The molecule has 0 radical (unpaired) electrons. The molecule has 0 aromatic carbocycles. The van der Waals surface area contributed by atoms with E-state index in [1.165, 1.54) is 0 Å². The quantitative estimate of drug-likeness (QED) is 0.640. The van der Waals surface area contributed by atoms with E-state index in [2.05, 4.69) is 20.2 Å². The van der Waals surface area contributed by atoms with Crippen molar-refractivity contribution >= 4 is 17.9 Å². The third kappa shape index (κ3) is 6.45. The van der Waals surface area contributed by atoms with Crippen LogP contribution in [0, 0.1) is 0 Å². The molecule has 20 heavy (non-hydrogen) atoms. The Morgan fingerprint density at radius 3 is 2.05 bits per heavy atom. The van der Waals surface area contributed by atoms with Crippen LogP contribution in [0.2, 0.25) is 0 Å². The van der Waals surface area contributed by atoms with E-state index in [0.717, 1.165) is 32.1 Å². The molecule has 1 aromatic heterocycles. The molecule has 8 heteroatoms. The Bertz CT molecular complexity index is 442. The number of carboxylic acids is 2. The molecule has 0 saturated carbocycles. The summed E-state index contributed by atoms with van der Waals surface area (Å²) in [5.41, 5.74) is 0. The van der Waals surface area contributed by atoms with Gasteiger partial charge in [0.25, 0.3) is 0 Å². The summed E-state index contributed by atoms with van der Waals surface area (Å²) in [6.45, 7) is 4.06. The molecular weight excluding hydrogens is 264 g/mol. The smallest absolute Gasteiger partial charge is 0.328 e. The van der Waals surface area contributed by atoms with E-state index in [-0.39, 0.29) is 0 Å². The lowest BCUT2D eigenvalue weighted by atomic mass is 10.4. The third-order valence-electron chi connectivity index (χ3n) is 2.32. The minimum atomic E-state index is -1.26. The van der Waals surface area contributed by atoms with Crippen LogP contribution in [-0.4, -0.2) is 58.3 Å². The van der Waals surface area contributed by atoms with Gasteiger partial charge in [0.05, 0.1) is 0 Å². The van der Waals surface area contributed by atoms with Crippen molar-refractivity contribution in [2.24, 2.45) is 0 Å². The van der Waals surface area contributed by atoms with Gasteiger partial charge in [-0.25, -0.2) is 19.6 Å². The van der Waals surface area contributed by atoms with Gasteiger partial charge in [-0.3, -0.25) is 0 Å². The first-order valence-corrected chi connectivity index (χ1v) is 5.96. The maximum atomic E-state index is 9.55. The van der Waals surface area contributed by atoms with Crippen LogP contribution < -0.4 is 10.2 Å². The van der Waals surface area contributed by atoms with Crippen molar-refractivity contribution in [3.8, 4) is 0 Å². The van der Waals surface area contributed by atoms with Crippen molar-refractivity contribution in [1.82, 2.24) is 15.3 Å². The zero-order valence-corrected chi connectivity index (χ0v) is 10.8. The maximum absolute atomic E-state index is 9.55. The standard InChI is InChI=1S/C8H12N4.C4H4O4/c1-2-10-8(11-3-1)12-6-4-9-5-7-12;5-3(6)1-2-4(7)8/h1-3,9H,4-7H2;1-2H,(H,5,6)(H,7,8). The number of carboxylic acid groups (broad SMARTS) is 2. The minimum absolute atomic E-state index is 0.558. The second kappa shape index (κ2) is 8.59. The van der Waals surface area contributed by atoms with Crippen molar-refractivity contribution in [2.75, 3.05) is 31.1 Å². The number of piperazine rings is 1. The summed E-state index contributed by atoms with van der Waals surface area (Å²) in [6.07, 6.45) is 4.68. The molecule has 1 fully saturated rings. The minimum Gasteiger partial charge on any atom is -0.478 e. The highest BCUT2D eigenvalue weighted by atomic mass is 16.4. The van der Waals surface area contributed by atoms with Gasteiger partial charge in [-0.15, -0.1) is 0 Å². The van der Waals surface area contributed by atoms with Crippen molar-refractivity contribution in [3.05, 3.63) is 30.6 Å². The average Bonchev–Trinajstić information content (AvgIpc) is 2.48. The van der Waals surface area contributed by atoms with E-state index in [4.69, 9.17) is 10.2 Å². The van der Waals surface area contributed by atoms with E-state index < -0.39 is 11.9 Å². The number of carbonyl (C=O) groups is 2. The Hall–Kier alpha value is -2.48. The van der Waals surface area contributed by atoms with Crippen molar-refractivity contribution < 1.29 is 19.8 Å². The number of nitrogens with zero attached hydrogens (tertiary/aromatic N) is 3. The van der Waals surface area contributed by atoms with Gasteiger partial charge >= 0.3 is 11.9 Å². The zero-order chi connectivity index (χ0) is 14.8. The zero-order valence-electron chi connectivity index (χ0n) is 10.8. The molecule has 108 valence electrons. The van der Waals surface area contributed by atoms with Crippen molar-refractivity contribution in [1.29, 1.82) is 0 Å². The topological polar surface area (TPSA) is 116 Å². The number of hydrogen-bond donors (Lipinski definition) is 3. The fourth-order valence-corrected chi connectivity index (χ4v) is 1.46. The molecule has 8 nitrogen and oxygen atoms in total. The average molecular weight is 280 g/mol. The number of rotatable bonds is 3. The predicted octanol–water partition coefficient (Wildman–Crippen LogP) is -0.402. The van der Waals surface area contributed by atoms with Crippen molar-refractivity contribution in [2.45, 2.75) is 0 Å². The highest BCUT2D eigenvalue weighted by molar-refractivity contribution is 5.89.